The highest BCUT2D eigenvalue weighted by atomic mass is 32.2. The van der Waals surface area contributed by atoms with Crippen molar-refractivity contribution in [2.24, 2.45) is 0 Å². The molecule has 2 heterocycles. The lowest BCUT2D eigenvalue weighted by molar-refractivity contribution is -0.140. The van der Waals surface area contributed by atoms with E-state index in [1.54, 1.807) is 0 Å². The first-order chi connectivity index (χ1) is 9.39. The van der Waals surface area contributed by atoms with Crippen LogP contribution in [0.3, 0.4) is 0 Å². The molecule has 0 spiro atoms. The Morgan fingerprint density at radius 3 is 2.85 bits per heavy atom. The van der Waals surface area contributed by atoms with Gasteiger partial charge in [0.1, 0.15) is 6.04 Å². The number of fused-ring (bicyclic) bond motifs is 2. The van der Waals surface area contributed by atoms with E-state index >= 15 is 0 Å². The van der Waals surface area contributed by atoms with Gasteiger partial charge in [0, 0.05) is 6.54 Å². The minimum absolute atomic E-state index is 0.143. The molecule has 2 saturated heterocycles. The van der Waals surface area contributed by atoms with Crippen molar-refractivity contribution >= 4 is 16.1 Å². The predicted molar refractivity (Wildman–Crippen MR) is 69.1 cm³/mol. The second kappa shape index (κ2) is 5.68. The number of nitrogens with zero attached hydrogens (tertiary/aromatic N) is 2. The summed E-state index contributed by atoms with van der Waals surface area (Å²) in [5, 5.41) is 11.2. The molecule has 0 unspecified atom stereocenters. The fraction of sp³-hybridized carbons (Fsp3) is 0.727. The Hall–Kier alpha value is -1.16. The molecule has 9 heteroatoms. The predicted octanol–water partition coefficient (Wildman–Crippen LogP) is -0.680. The van der Waals surface area contributed by atoms with Crippen molar-refractivity contribution in [1.82, 2.24) is 9.96 Å². The molecule has 3 atom stereocenters. The van der Waals surface area contributed by atoms with E-state index in [2.05, 4.69) is 10.8 Å². The van der Waals surface area contributed by atoms with Crippen LogP contribution in [0.2, 0.25) is 0 Å². The maximum atomic E-state index is 12.2. The molecule has 2 rings (SSSR count). The topological polar surface area (TPSA) is 96.4 Å². The molecule has 0 aromatic heterocycles. The van der Waals surface area contributed by atoms with Crippen LogP contribution < -0.4 is 0 Å². The highest BCUT2D eigenvalue weighted by Crippen LogP contribution is 2.31. The quantitative estimate of drug-likeness (QED) is 0.516. The third kappa shape index (κ3) is 2.80. The molecule has 2 aliphatic heterocycles. The molecule has 2 aliphatic rings. The number of carbonyl (C=O) groups is 1. The number of piperidine rings is 1. The number of hydrogen-bond acceptors (Lipinski definition) is 6. The van der Waals surface area contributed by atoms with Crippen LogP contribution in [0.15, 0.2) is 12.7 Å². The van der Waals surface area contributed by atoms with E-state index in [0.29, 0.717) is 0 Å². The average molecular weight is 306 g/mol. The van der Waals surface area contributed by atoms with Crippen LogP contribution >= 0.6 is 0 Å². The number of rotatable bonds is 6. The number of aliphatic hydroxyl groups is 1. The highest BCUT2D eigenvalue weighted by molar-refractivity contribution is 7.86. The molecule has 0 radical (unpaired) electrons. The number of urea groups is 1. The Balaban J connectivity index is 2.14. The van der Waals surface area contributed by atoms with Crippen LogP contribution in [-0.2, 0) is 19.1 Å². The Morgan fingerprint density at radius 2 is 2.25 bits per heavy atom. The minimum atomic E-state index is -3.71. The molecule has 0 aromatic carbocycles. The number of hydrogen-bond donors (Lipinski definition) is 1. The molecule has 2 amide bonds. The summed E-state index contributed by atoms with van der Waals surface area (Å²) in [6.45, 7) is 3.87. The standard InChI is InChI=1S/C11H18N2O6S/c1-3-4-19-13-9-6-12(11(13)15)8(5-10(9)14)7-20(16,17)18-2/h3,8-10,14H,1,4-7H2,2H3/t8-,9-,10-/m0/s1. The summed E-state index contributed by atoms with van der Waals surface area (Å²) in [6.07, 6.45) is 0.830. The Kier molecular flexibility index (Phi) is 4.33. The zero-order valence-electron chi connectivity index (χ0n) is 11.1. The van der Waals surface area contributed by atoms with Gasteiger partial charge in [0.25, 0.3) is 10.1 Å². The number of amides is 2. The van der Waals surface area contributed by atoms with Crippen molar-refractivity contribution in [3.63, 3.8) is 0 Å². The van der Waals surface area contributed by atoms with Gasteiger partial charge < -0.3 is 10.0 Å². The lowest BCUT2D eigenvalue weighted by atomic mass is 9.99. The van der Waals surface area contributed by atoms with Gasteiger partial charge in [-0.25, -0.2) is 4.79 Å². The van der Waals surface area contributed by atoms with E-state index < -0.39 is 34.3 Å². The van der Waals surface area contributed by atoms with Crippen LogP contribution in [0.5, 0.6) is 0 Å². The van der Waals surface area contributed by atoms with Gasteiger partial charge in [-0.05, 0) is 6.42 Å². The molecule has 20 heavy (non-hydrogen) atoms. The van der Waals surface area contributed by atoms with Gasteiger partial charge in [-0.3, -0.25) is 9.02 Å². The first-order valence-electron chi connectivity index (χ1n) is 6.19. The van der Waals surface area contributed by atoms with E-state index in [1.807, 2.05) is 0 Å². The van der Waals surface area contributed by atoms with Crippen LogP contribution in [0.1, 0.15) is 6.42 Å². The summed E-state index contributed by atoms with van der Waals surface area (Å²) < 4.78 is 27.4. The van der Waals surface area contributed by atoms with Crippen LogP contribution in [0.4, 0.5) is 4.79 Å². The van der Waals surface area contributed by atoms with Gasteiger partial charge in [0.05, 0.1) is 31.6 Å². The summed E-state index contributed by atoms with van der Waals surface area (Å²) >= 11 is 0. The second-order valence-electron chi connectivity index (χ2n) is 4.76. The van der Waals surface area contributed by atoms with Crippen molar-refractivity contribution in [2.45, 2.75) is 24.6 Å². The van der Waals surface area contributed by atoms with Crippen LogP contribution in [0, 0.1) is 0 Å². The van der Waals surface area contributed by atoms with Crippen LogP contribution in [0.25, 0.3) is 0 Å². The Labute approximate surface area is 117 Å². The van der Waals surface area contributed by atoms with Crippen molar-refractivity contribution in [3.8, 4) is 0 Å². The van der Waals surface area contributed by atoms with Gasteiger partial charge >= 0.3 is 6.03 Å². The summed E-state index contributed by atoms with van der Waals surface area (Å²) in [6, 6.07) is -1.54. The van der Waals surface area contributed by atoms with Crippen molar-refractivity contribution in [1.29, 1.82) is 0 Å². The van der Waals surface area contributed by atoms with Crippen molar-refractivity contribution < 1.29 is 27.3 Å². The van der Waals surface area contributed by atoms with Gasteiger partial charge in [-0.15, -0.1) is 6.58 Å². The molecule has 1 N–H and O–H groups in total. The van der Waals surface area contributed by atoms with E-state index in [4.69, 9.17) is 4.84 Å². The van der Waals surface area contributed by atoms with E-state index in [0.717, 1.165) is 12.2 Å². The molecular formula is C11H18N2O6S. The highest BCUT2D eigenvalue weighted by Gasteiger charge is 2.50. The SMILES string of the molecule is C=CCON1C(=O)N2C[C@H]1[C@@H](O)C[C@H]2CS(=O)(=O)OC. The van der Waals surface area contributed by atoms with E-state index in [1.165, 1.54) is 11.0 Å². The number of aliphatic hydroxyl groups excluding tert-OH is 1. The second-order valence-corrected chi connectivity index (χ2v) is 6.54. The van der Waals surface area contributed by atoms with E-state index in [-0.39, 0.29) is 25.3 Å². The van der Waals surface area contributed by atoms with Gasteiger partial charge in [0.15, 0.2) is 0 Å². The summed E-state index contributed by atoms with van der Waals surface area (Å²) in [5.41, 5.74) is 0. The fourth-order valence-electron chi connectivity index (χ4n) is 2.51. The smallest absolute Gasteiger partial charge is 0.344 e. The van der Waals surface area contributed by atoms with Crippen molar-refractivity contribution in [3.05, 3.63) is 12.7 Å². The van der Waals surface area contributed by atoms with Crippen LogP contribution in [-0.4, -0.2) is 73.7 Å². The summed E-state index contributed by atoms with van der Waals surface area (Å²) in [4.78, 5) is 18.8. The molecule has 2 bridgehead atoms. The first-order valence-corrected chi connectivity index (χ1v) is 7.77. The molecular weight excluding hydrogens is 288 g/mol. The molecule has 0 saturated carbocycles. The molecule has 2 fully saturated rings. The summed E-state index contributed by atoms with van der Waals surface area (Å²) in [7, 11) is -2.63. The maximum Gasteiger partial charge on any atom is 0.344 e. The zero-order chi connectivity index (χ0) is 14.9. The Bertz CT molecular complexity index is 493. The lowest BCUT2D eigenvalue weighted by Crippen LogP contribution is -2.49. The first kappa shape index (κ1) is 15.2. The number of hydroxylamine groups is 2. The third-order valence-corrected chi connectivity index (χ3v) is 4.80. The monoisotopic (exact) mass is 306 g/mol. The van der Waals surface area contributed by atoms with Gasteiger partial charge in [0.2, 0.25) is 0 Å². The zero-order valence-corrected chi connectivity index (χ0v) is 12.0. The Morgan fingerprint density at radius 1 is 1.55 bits per heavy atom. The molecule has 8 nitrogen and oxygen atoms in total. The van der Waals surface area contributed by atoms with E-state index in [9.17, 15) is 18.3 Å². The van der Waals surface area contributed by atoms with Crippen molar-refractivity contribution in [2.75, 3.05) is 26.0 Å². The maximum absolute atomic E-state index is 12.2. The average Bonchev–Trinajstić information content (AvgIpc) is 2.68. The number of carbonyl (C=O) groups excluding carboxylic acids is 1. The molecule has 0 aromatic rings. The van der Waals surface area contributed by atoms with Gasteiger partial charge in [-0.2, -0.15) is 13.5 Å². The molecule has 114 valence electrons. The molecule has 0 aliphatic carbocycles. The lowest BCUT2D eigenvalue weighted by Gasteiger charge is -2.33. The normalized spacial score (nSPS) is 29.9. The largest absolute Gasteiger partial charge is 0.391 e. The fourth-order valence-corrected chi connectivity index (χ4v) is 3.44. The summed E-state index contributed by atoms with van der Waals surface area (Å²) in [5.74, 6) is -0.339. The van der Waals surface area contributed by atoms with Gasteiger partial charge in [-0.1, -0.05) is 6.08 Å². The minimum Gasteiger partial charge on any atom is -0.391 e. The third-order valence-electron chi connectivity index (χ3n) is 3.50.